The highest BCUT2D eigenvalue weighted by Gasteiger charge is 2.26. The molecule has 3 aromatic rings. The van der Waals surface area contributed by atoms with Crippen molar-refractivity contribution in [2.24, 2.45) is 0 Å². The van der Waals surface area contributed by atoms with E-state index in [9.17, 15) is 19.3 Å². The number of amides is 1. The van der Waals surface area contributed by atoms with Crippen LogP contribution in [0.4, 0.5) is 15.8 Å². The fourth-order valence-corrected chi connectivity index (χ4v) is 3.84. The van der Waals surface area contributed by atoms with Gasteiger partial charge in [-0.15, -0.1) is 11.3 Å². The van der Waals surface area contributed by atoms with Gasteiger partial charge in [0.15, 0.2) is 0 Å². The number of hydrogen-bond donors (Lipinski definition) is 2. The lowest BCUT2D eigenvalue weighted by Gasteiger charge is -2.18. The first-order chi connectivity index (χ1) is 14.0. The van der Waals surface area contributed by atoms with Gasteiger partial charge in [-0.1, -0.05) is 18.2 Å². The van der Waals surface area contributed by atoms with Crippen molar-refractivity contribution in [1.82, 2.24) is 5.32 Å². The molecule has 1 aromatic heterocycles. The van der Waals surface area contributed by atoms with Crippen LogP contribution in [0.2, 0.25) is 0 Å². The zero-order valence-corrected chi connectivity index (χ0v) is 16.1. The number of anilines is 1. The van der Waals surface area contributed by atoms with Crippen LogP contribution in [0.15, 0.2) is 60.0 Å². The maximum Gasteiger partial charge on any atom is 0.293 e. The first-order valence-electron chi connectivity index (χ1n) is 9.16. The highest BCUT2D eigenvalue weighted by molar-refractivity contribution is 7.10. The van der Waals surface area contributed by atoms with Crippen molar-refractivity contribution in [3.63, 3.8) is 0 Å². The molecule has 1 aliphatic rings. The van der Waals surface area contributed by atoms with Gasteiger partial charge in [-0.3, -0.25) is 14.9 Å². The molecule has 1 atom stereocenters. The first-order valence-corrected chi connectivity index (χ1v) is 10.0. The van der Waals surface area contributed by atoms with Crippen LogP contribution in [0, 0.1) is 15.9 Å². The molecule has 1 aliphatic carbocycles. The number of nitrogens with one attached hydrogen (secondary N) is 2. The van der Waals surface area contributed by atoms with Crippen molar-refractivity contribution in [1.29, 1.82) is 0 Å². The molecule has 1 amide bonds. The van der Waals surface area contributed by atoms with Crippen molar-refractivity contribution in [3.8, 4) is 0 Å². The monoisotopic (exact) mass is 411 g/mol. The van der Waals surface area contributed by atoms with Gasteiger partial charge < -0.3 is 10.6 Å². The van der Waals surface area contributed by atoms with Gasteiger partial charge in [-0.05, 0) is 54.1 Å². The predicted molar refractivity (Wildman–Crippen MR) is 110 cm³/mol. The molecule has 0 spiro atoms. The Morgan fingerprint density at radius 1 is 1.17 bits per heavy atom. The Labute approximate surface area is 170 Å². The predicted octanol–water partition coefficient (Wildman–Crippen LogP) is 4.89. The van der Waals surface area contributed by atoms with E-state index in [0.29, 0.717) is 5.69 Å². The third-order valence-corrected chi connectivity index (χ3v) is 5.64. The van der Waals surface area contributed by atoms with Gasteiger partial charge in [-0.25, -0.2) is 4.39 Å². The smallest absolute Gasteiger partial charge is 0.293 e. The number of thiophene rings is 1. The second-order valence-corrected chi connectivity index (χ2v) is 7.86. The first kappa shape index (κ1) is 19.1. The molecule has 2 N–H and O–H groups in total. The molecule has 1 fully saturated rings. The number of hydrogen-bond acceptors (Lipinski definition) is 5. The van der Waals surface area contributed by atoms with Crippen molar-refractivity contribution in [3.05, 3.63) is 91.9 Å². The van der Waals surface area contributed by atoms with Crippen LogP contribution < -0.4 is 10.6 Å². The Morgan fingerprint density at radius 2 is 1.93 bits per heavy atom. The Morgan fingerprint density at radius 3 is 2.55 bits per heavy atom. The van der Waals surface area contributed by atoms with Gasteiger partial charge in [-0.2, -0.15) is 0 Å². The third kappa shape index (κ3) is 4.43. The SMILES string of the molecule is O=C(NC(c1ccc(F)cc1)c1cccs1)c1ccc(NC2CC2)c([N+](=O)[O-])c1. The largest absolute Gasteiger partial charge is 0.377 e. The summed E-state index contributed by atoms with van der Waals surface area (Å²) in [6.07, 6.45) is 1.97. The molecule has 4 rings (SSSR count). The minimum absolute atomic E-state index is 0.126. The van der Waals surface area contributed by atoms with Crippen LogP contribution in [0.1, 0.15) is 39.7 Å². The Hall–Kier alpha value is -3.26. The summed E-state index contributed by atoms with van der Waals surface area (Å²) in [6.45, 7) is 0. The third-order valence-electron chi connectivity index (χ3n) is 4.70. The molecular formula is C21H18FN3O3S. The molecule has 1 saturated carbocycles. The number of carbonyl (C=O) groups excluding carboxylic acids is 1. The van der Waals surface area contributed by atoms with E-state index in [2.05, 4.69) is 10.6 Å². The molecule has 0 bridgehead atoms. The minimum atomic E-state index is -0.488. The summed E-state index contributed by atoms with van der Waals surface area (Å²) >= 11 is 1.46. The quantitative estimate of drug-likeness (QED) is 0.428. The van der Waals surface area contributed by atoms with E-state index >= 15 is 0 Å². The number of rotatable bonds is 7. The standard InChI is InChI=1S/C21H18FN3O3S/c22-15-6-3-13(4-7-15)20(19-2-1-11-29-19)24-21(26)14-5-10-17(23-16-8-9-16)18(12-14)25(27)28/h1-7,10-12,16,20,23H,8-9H2,(H,24,26). The maximum atomic E-state index is 13.3. The molecule has 0 saturated heterocycles. The van der Waals surface area contributed by atoms with Gasteiger partial charge in [0.05, 0.1) is 11.0 Å². The Kier molecular flexibility index (Phi) is 5.26. The zero-order chi connectivity index (χ0) is 20.4. The molecule has 6 nitrogen and oxygen atoms in total. The lowest BCUT2D eigenvalue weighted by molar-refractivity contribution is -0.384. The summed E-state index contributed by atoms with van der Waals surface area (Å²) in [4.78, 5) is 24.7. The summed E-state index contributed by atoms with van der Waals surface area (Å²) in [5.41, 5.74) is 1.21. The number of benzene rings is 2. The van der Waals surface area contributed by atoms with Crippen LogP contribution >= 0.6 is 11.3 Å². The molecule has 2 aromatic carbocycles. The van der Waals surface area contributed by atoms with E-state index in [1.165, 1.54) is 29.5 Å². The van der Waals surface area contributed by atoms with Gasteiger partial charge in [0.2, 0.25) is 0 Å². The number of halogens is 1. The second-order valence-electron chi connectivity index (χ2n) is 6.88. The van der Waals surface area contributed by atoms with E-state index in [0.717, 1.165) is 23.3 Å². The van der Waals surface area contributed by atoms with Crippen molar-refractivity contribution < 1.29 is 14.1 Å². The Bertz CT molecular complexity index is 1030. The van der Waals surface area contributed by atoms with E-state index in [1.807, 2.05) is 17.5 Å². The van der Waals surface area contributed by atoms with E-state index in [4.69, 9.17) is 0 Å². The van der Waals surface area contributed by atoms with Crippen LogP contribution in [-0.4, -0.2) is 16.9 Å². The normalized spacial score (nSPS) is 14.2. The molecule has 1 heterocycles. The molecule has 29 heavy (non-hydrogen) atoms. The molecular weight excluding hydrogens is 393 g/mol. The van der Waals surface area contributed by atoms with E-state index in [-0.39, 0.29) is 23.1 Å². The van der Waals surface area contributed by atoms with Gasteiger partial charge >= 0.3 is 0 Å². The van der Waals surface area contributed by atoms with Gasteiger partial charge in [0.1, 0.15) is 11.5 Å². The number of nitro groups is 1. The summed E-state index contributed by atoms with van der Waals surface area (Å²) in [5.74, 6) is -0.798. The summed E-state index contributed by atoms with van der Waals surface area (Å²) < 4.78 is 13.3. The van der Waals surface area contributed by atoms with Gasteiger partial charge in [0, 0.05) is 22.5 Å². The van der Waals surface area contributed by atoms with Crippen molar-refractivity contribution >= 4 is 28.6 Å². The highest BCUT2D eigenvalue weighted by atomic mass is 32.1. The van der Waals surface area contributed by atoms with Crippen LogP contribution in [0.5, 0.6) is 0 Å². The van der Waals surface area contributed by atoms with Gasteiger partial charge in [0.25, 0.3) is 11.6 Å². The average molecular weight is 411 g/mol. The molecule has 148 valence electrons. The minimum Gasteiger partial charge on any atom is -0.377 e. The lowest BCUT2D eigenvalue weighted by atomic mass is 10.0. The topological polar surface area (TPSA) is 84.3 Å². The molecule has 0 aliphatic heterocycles. The van der Waals surface area contributed by atoms with Crippen LogP contribution in [-0.2, 0) is 0 Å². The van der Waals surface area contributed by atoms with Crippen LogP contribution in [0.25, 0.3) is 0 Å². The number of carbonyl (C=O) groups is 1. The van der Waals surface area contributed by atoms with Crippen molar-refractivity contribution in [2.75, 3.05) is 5.32 Å². The molecule has 1 unspecified atom stereocenters. The Balaban J connectivity index is 1.61. The number of nitro benzene ring substituents is 1. The van der Waals surface area contributed by atoms with E-state index < -0.39 is 16.9 Å². The molecule has 0 radical (unpaired) electrons. The zero-order valence-electron chi connectivity index (χ0n) is 15.3. The summed E-state index contributed by atoms with van der Waals surface area (Å²) in [7, 11) is 0. The fourth-order valence-electron chi connectivity index (χ4n) is 3.04. The van der Waals surface area contributed by atoms with Crippen molar-refractivity contribution in [2.45, 2.75) is 24.9 Å². The lowest BCUT2D eigenvalue weighted by Crippen LogP contribution is -2.29. The second kappa shape index (κ2) is 8.00. The van der Waals surface area contributed by atoms with Crippen LogP contribution in [0.3, 0.4) is 0 Å². The summed E-state index contributed by atoms with van der Waals surface area (Å²) in [6, 6.07) is 13.9. The highest BCUT2D eigenvalue weighted by Crippen LogP contribution is 2.32. The summed E-state index contributed by atoms with van der Waals surface area (Å²) in [5, 5.41) is 19.4. The maximum absolute atomic E-state index is 13.3. The fraction of sp³-hybridized carbons (Fsp3) is 0.190. The average Bonchev–Trinajstić information content (AvgIpc) is 3.36. The number of nitrogens with zero attached hydrogens (tertiary/aromatic N) is 1. The van der Waals surface area contributed by atoms with E-state index in [1.54, 1.807) is 24.3 Å². The molecule has 8 heteroatoms.